The molecule has 1 heterocycles. The lowest BCUT2D eigenvalue weighted by Crippen LogP contribution is -1.97. The summed E-state index contributed by atoms with van der Waals surface area (Å²) in [5, 5.41) is 2.88. The number of carbonyl (C=O) groups is 1. The van der Waals surface area contributed by atoms with Crippen molar-refractivity contribution in [1.29, 1.82) is 0 Å². The fourth-order valence-corrected chi connectivity index (χ4v) is 1.13. The first-order chi connectivity index (χ1) is 7.78. The van der Waals surface area contributed by atoms with E-state index in [-0.39, 0.29) is 5.82 Å². The zero-order chi connectivity index (χ0) is 11.4. The molecule has 0 saturated heterocycles. The monoisotopic (exact) mass is 217 g/mol. The normalized spacial score (nSPS) is 9.81. The third kappa shape index (κ3) is 2.38. The molecule has 0 bridgehead atoms. The van der Waals surface area contributed by atoms with Gasteiger partial charge in [-0.05, 0) is 24.3 Å². The second kappa shape index (κ2) is 4.48. The predicted molar refractivity (Wildman–Crippen MR) is 57.1 cm³/mol. The molecule has 5 heteroatoms. The summed E-state index contributed by atoms with van der Waals surface area (Å²) >= 11 is 0. The number of nitrogens with zero attached hydrogens (tertiary/aromatic N) is 2. The lowest BCUT2D eigenvalue weighted by atomic mass is 10.3. The molecule has 0 aliphatic rings. The van der Waals surface area contributed by atoms with Crippen molar-refractivity contribution in [3.8, 4) is 0 Å². The van der Waals surface area contributed by atoms with E-state index in [0.29, 0.717) is 23.5 Å². The van der Waals surface area contributed by atoms with Gasteiger partial charge in [0.1, 0.15) is 5.82 Å². The molecule has 2 rings (SSSR count). The van der Waals surface area contributed by atoms with Crippen LogP contribution in [0.4, 0.5) is 16.0 Å². The molecule has 1 N–H and O–H groups in total. The Balaban J connectivity index is 2.14. The lowest BCUT2D eigenvalue weighted by molar-refractivity contribution is 0.112. The minimum absolute atomic E-state index is 0.303. The summed E-state index contributed by atoms with van der Waals surface area (Å²) in [6, 6.07) is 5.82. The number of carbonyl (C=O) groups excluding carboxylic acids is 1. The van der Waals surface area contributed by atoms with Crippen molar-refractivity contribution in [3.05, 3.63) is 48.0 Å². The molecule has 2 aromatic rings. The molecule has 80 valence electrons. The van der Waals surface area contributed by atoms with Crippen molar-refractivity contribution in [2.75, 3.05) is 5.32 Å². The van der Waals surface area contributed by atoms with Crippen molar-refractivity contribution in [3.63, 3.8) is 0 Å². The minimum Gasteiger partial charge on any atom is -0.324 e. The van der Waals surface area contributed by atoms with Gasteiger partial charge < -0.3 is 5.32 Å². The topological polar surface area (TPSA) is 54.9 Å². The average Bonchev–Trinajstić information content (AvgIpc) is 2.33. The molecule has 0 aliphatic carbocycles. The van der Waals surface area contributed by atoms with Gasteiger partial charge in [0.2, 0.25) is 5.95 Å². The molecule has 0 saturated carbocycles. The van der Waals surface area contributed by atoms with Gasteiger partial charge >= 0.3 is 0 Å². The molecule has 0 radical (unpaired) electrons. The molecule has 16 heavy (non-hydrogen) atoms. The highest BCUT2D eigenvalue weighted by molar-refractivity contribution is 5.73. The van der Waals surface area contributed by atoms with Gasteiger partial charge in [-0.15, -0.1) is 0 Å². The molecule has 0 amide bonds. The summed E-state index contributed by atoms with van der Waals surface area (Å²) in [5.41, 5.74) is 1.09. The summed E-state index contributed by atoms with van der Waals surface area (Å²) in [7, 11) is 0. The Morgan fingerprint density at radius 3 is 2.31 bits per heavy atom. The quantitative estimate of drug-likeness (QED) is 0.800. The molecule has 0 unspecified atom stereocenters. The van der Waals surface area contributed by atoms with Gasteiger partial charge in [0, 0.05) is 18.1 Å². The van der Waals surface area contributed by atoms with Crippen LogP contribution in [0.15, 0.2) is 36.7 Å². The molecule has 0 aliphatic heterocycles. The Labute approximate surface area is 91.2 Å². The fraction of sp³-hybridized carbons (Fsp3) is 0. The van der Waals surface area contributed by atoms with Crippen LogP contribution >= 0.6 is 0 Å². The molecular formula is C11H8FN3O. The summed E-state index contributed by atoms with van der Waals surface area (Å²) in [6.45, 7) is 0. The van der Waals surface area contributed by atoms with Gasteiger partial charge in [-0.3, -0.25) is 4.79 Å². The first-order valence-electron chi connectivity index (χ1n) is 4.58. The Morgan fingerprint density at radius 2 is 1.75 bits per heavy atom. The van der Waals surface area contributed by atoms with E-state index in [2.05, 4.69) is 15.3 Å². The van der Waals surface area contributed by atoms with E-state index in [9.17, 15) is 9.18 Å². The number of benzene rings is 1. The largest absolute Gasteiger partial charge is 0.324 e. The summed E-state index contributed by atoms with van der Waals surface area (Å²) < 4.78 is 12.6. The van der Waals surface area contributed by atoms with Gasteiger partial charge in [-0.1, -0.05) is 0 Å². The SMILES string of the molecule is O=Cc1cnc(Nc2ccc(F)cc2)nc1. The summed E-state index contributed by atoms with van der Waals surface area (Å²) in [4.78, 5) is 18.2. The number of nitrogens with one attached hydrogen (secondary N) is 1. The van der Waals surface area contributed by atoms with Crippen LogP contribution in [0.5, 0.6) is 0 Å². The fourth-order valence-electron chi connectivity index (χ4n) is 1.13. The summed E-state index contributed by atoms with van der Waals surface area (Å²) in [6.07, 6.45) is 3.49. The van der Waals surface area contributed by atoms with Crippen LogP contribution in [0.1, 0.15) is 10.4 Å². The minimum atomic E-state index is -0.303. The Morgan fingerprint density at radius 1 is 1.12 bits per heavy atom. The second-order valence-electron chi connectivity index (χ2n) is 3.09. The maximum Gasteiger partial charge on any atom is 0.227 e. The van der Waals surface area contributed by atoms with Gasteiger partial charge in [0.25, 0.3) is 0 Å². The molecule has 0 spiro atoms. The lowest BCUT2D eigenvalue weighted by Gasteiger charge is -2.03. The molecule has 4 nitrogen and oxygen atoms in total. The van der Waals surface area contributed by atoms with Crippen molar-refractivity contribution in [2.45, 2.75) is 0 Å². The van der Waals surface area contributed by atoms with Crippen LogP contribution in [0.3, 0.4) is 0 Å². The number of aromatic nitrogens is 2. The zero-order valence-electron chi connectivity index (χ0n) is 8.22. The number of hydrogen-bond acceptors (Lipinski definition) is 4. The van der Waals surface area contributed by atoms with Gasteiger partial charge in [0.05, 0.1) is 5.56 Å². The zero-order valence-corrected chi connectivity index (χ0v) is 8.22. The van der Waals surface area contributed by atoms with Crippen LogP contribution in [0.2, 0.25) is 0 Å². The standard InChI is InChI=1S/C11H8FN3O/c12-9-1-3-10(4-2-9)15-11-13-5-8(7-16)6-14-11/h1-7H,(H,13,14,15). The van der Waals surface area contributed by atoms with Gasteiger partial charge in [-0.2, -0.15) is 0 Å². The first kappa shape index (κ1) is 10.2. The van der Waals surface area contributed by atoms with Crippen molar-refractivity contribution >= 4 is 17.9 Å². The Kier molecular flexibility index (Phi) is 2.86. The average molecular weight is 217 g/mol. The van der Waals surface area contributed by atoms with Crippen molar-refractivity contribution in [2.24, 2.45) is 0 Å². The highest BCUT2D eigenvalue weighted by Crippen LogP contribution is 2.12. The summed E-state index contributed by atoms with van der Waals surface area (Å²) in [5.74, 6) is 0.0555. The number of anilines is 2. The van der Waals surface area contributed by atoms with Crippen LogP contribution in [0, 0.1) is 5.82 Å². The number of aldehydes is 1. The van der Waals surface area contributed by atoms with E-state index in [0.717, 1.165) is 0 Å². The van der Waals surface area contributed by atoms with Gasteiger partial charge in [0.15, 0.2) is 6.29 Å². The van der Waals surface area contributed by atoms with Crippen molar-refractivity contribution in [1.82, 2.24) is 9.97 Å². The van der Waals surface area contributed by atoms with E-state index in [1.165, 1.54) is 24.5 Å². The van der Waals surface area contributed by atoms with E-state index in [1.54, 1.807) is 12.1 Å². The highest BCUT2D eigenvalue weighted by Gasteiger charge is 1.98. The predicted octanol–water partition coefficient (Wildman–Crippen LogP) is 2.17. The van der Waals surface area contributed by atoms with Crippen LogP contribution in [0.25, 0.3) is 0 Å². The van der Waals surface area contributed by atoms with E-state index < -0.39 is 0 Å². The molecular weight excluding hydrogens is 209 g/mol. The molecule has 1 aromatic heterocycles. The van der Waals surface area contributed by atoms with Crippen LogP contribution in [-0.4, -0.2) is 16.3 Å². The molecule has 0 atom stereocenters. The number of hydrogen-bond donors (Lipinski definition) is 1. The van der Waals surface area contributed by atoms with E-state index in [1.807, 2.05) is 0 Å². The highest BCUT2D eigenvalue weighted by atomic mass is 19.1. The third-order valence-corrected chi connectivity index (χ3v) is 1.91. The smallest absolute Gasteiger partial charge is 0.227 e. The maximum absolute atomic E-state index is 12.6. The van der Waals surface area contributed by atoms with Crippen molar-refractivity contribution < 1.29 is 9.18 Å². The number of rotatable bonds is 3. The molecule has 1 aromatic carbocycles. The second-order valence-corrected chi connectivity index (χ2v) is 3.09. The van der Waals surface area contributed by atoms with E-state index in [4.69, 9.17) is 0 Å². The first-order valence-corrected chi connectivity index (χ1v) is 4.58. The van der Waals surface area contributed by atoms with Crippen LogP contribution < -0.4 is 5.32 Å². The number of halogens is 1. The maximum atomic E-state index is 12.6. The Hall–Kier alpha value is -2.30. The molecule has 0 fully saturated rings. The third-order valence-electron chi connectivity index (χ3n) is 1.91. The Bertz CT molecular complexity index is 482. The van der Waals surface area contributed by atoms with Crippen LogP contribution in [-0.2, 0) is 0 Å². The van der Waals surface area contributed by atoms with Gasteiger partial charge in [-0.25, -0.2) is 14.4 Å². The van der Waals surface area contributed by atoms with E-state index >= 15 is 0 Å².